The second-order valence-electron chi connectivity index (χ2n) is 5.57. The average Bonchev–Trinajstić information content (AvgIpc) is 2.85. The summed E-state index contributed by atoms with van der Waals surface area (Å²) in [6, 6.07) is -0.182. The van der Waals surface area contributed by atoms with Crippen molar-refractivity contribution >= 4 is 12.0 Å². The van der Waals surface area contributed by atoms with Gasteiger partial charge in [0, 0.05) is 26.1 Å². The number of hydrogen-bond donors (Lipinski definition) is 2. The minimum absolute atomic E-state index is 0.182. The molecule has 21 heavy (non-hydrogen) atoms. The molecule has 1 aromatic rings. The third kappa shape index (κ3) is 3.71. The number of hydrogen-bond acceptors (Lipinski definition) is 5. The van der Waals surface area contributed by atoms with Crippen molar-refractivity contribution in [2.45, 2.75) is 33.1 Å². The van der Waals surface area contributed by atoms with Gasteiger partial charge in [-0.25, -0.2) is 4.79 Å². The third-order valence-corrected chi connectivity index (χ3v) is 3.86. The van der Waals surface area contributed by atoms with Gasteiger partial charge in [0.25, 0.3) is 0 Å². The number of aromatic nitrogens is 2. The van der Waals surface area contributed by atoms with Crippen LogP contribution in [0.5, 0.6) is 0 Å². The Morgan fingerprint density at radius 1 is 1.43 bits per heavy atom. The average molecular weight is 296 g/mol. The summed E-state index contributed by atoms with van der Waals surface area (Å²) < 4.78 is 4.95. The van der Waals surface area contributed by atoms with Gasteiger partial charge in [-0.15, -0.1) is 0 Å². The number of carbonyl (C=O) groups excluding carboxylic acids is 1. The van der Waals surface area contributed by atoms with E-state index in [1.807, 2.05) is 0 Å². The number of likely N-dealkylation sites (tertiary alicyclic amines) is 1. The zero-order chi connectivity index (χ0) is 15.5. The standard InChI is InChI=1S/C13H20N4O4/c1-9-15-10(21-16-9)3-6-14-12(20)17-7-4-13(2,5-8-17)11(18)19/h3-8H2,1-2H3,(H,14,20)(H,18,19). The van der Waals surface area contributed by atoms with Gasteiger partial charge in [-0.1, -0.05) is 5.16 Å². The number of carboxylic acids is 1. The first-order chi connectivity index (χ1) is 9.90. The molecule has 2 amide bonds. The summed E-state index contributed by atoms with van der Waals surface area (Å²) in [5.74, 6) is 0.263. The van der Waals surface area contributed by atoms with Gasteiger partial charge < -0.3 is 19.8 Å². The fourth-order valence-electron chi connectivity index (χ4n) is 2.25. The summed E-state index contributed by atoms with van der Waals surface area (Å²) >= 11 is 0. The fraction of sp³-hybridized carbons (Fsp3) is 0.692. The molecule has 1 fully saturated rings. The molecule has 1 aromatic heterocycles. The SMILES string of the molecule is Cc1noc(CCNC(=O)N2CCC(C)(C(=O)O)CC2)n1. The lowest BCUT2D eigenvalue weighted by Gasteiger charge is -2.36. The predicted octanol–water partition coefficient (Wildman–Crippen LogP) is 0.817. The minimum atomic E-state index is -0.797. The molecule has 0 spiro atoms. The molecule has 1 aliphatic rings. The molecule has 8 heteroatoms. The van der Waals surface area contributed by atoms with Gasteiger partial charge in [-0.3, -0.25) is 4.79 Å². The Kier molecular flexibility index (Phi) is 4.44. The molecule has 8 nitrogen and oxygen atoms in total. The number of nitrogens with one attached hydrogen (secondary N) is 1. The van der Waals surface area contributed by atoms with Crippen LogP contribution in [0.4, 0.5) is 4.79 Å². The molecule has 0 aliphatic carbocycles. The lowest BCUT2D eigenvalue weighted by Crippen LogP contribution is -2.49. The van der Waals surface area contributed by atoms with Crippen molar-refractivity contribution in [2.75, 3.05) is 19.6 Å². The quantitative estimate of drug-likeness (QED) is 0.851. The number of piperidine rings is 1. The summed E-state index contributed by atoms with van der Waals surface area (Å²) in [6.45, 7) is 4.77. The van der Waals surface area contributed by atoms with E-state index in [0.717, 1.165) is 0 Å². The Bertz CT molecular complexity index is 520. The zero-order valence-corrected chi connectivity index (χ0v) is 12.3. The van der Waals surface area contributed by atoms with Crippen molar-refractivity contribution < 1.29 is 19.2 Å². The van der Waals surface area contributed by atoms with E-state index in [9.17, 15) is 9.59 Å². The van der Waals surface area contributed by atoms with Crippen LogP contribution in [0, 0.1) is 12.3 Å². The maximum Gasteiger partial charge on any atom is 0.317 e. The lowest BCUT2D eigenvalue weighted by atomic mass is 9.80. The predicted molar refractivity (Wildman–Crippen MR) is 72.7 cm³/mol. The maximum atomic E-state index is 12.0. The number of rotatable bonds is 4. The van der Waals surface area contributed by atoms with Crippen LogP contribution in [0.3, 0.4) is 0 Å². The molecule has 0 radical (unpaired) electrons. The van der Waals surface area contributed by atoms with Gasteiger partial charge in [0.15, 0.2) is 5.82 Å². The molecule has 0 atom stereocenters. The van der Waals surface area contributed by atoms with E-state index >= 15 is 0 Å². The first-order valence-corrected chi connectivity index (χ1v) is 6.96. The summed E-state index contributed by atoms with van der Waals surface area (Å²) in [4.78, 5) is 28.8. The summed E-state index contributed by atoms with van der Waals surface area (Å²) in [7, 11) is 0. The van der Waals surface area contributed by atoms with E-state index in [0.29, 0.717) is 50.6 Å². The van der Waals surface area contributed by atoms with E-state index in [1.54, 1.807) is 18.7 Å². The Hall–Kier alpha value is -2.12. The van der Waals surface area contributed by atoms with Gasteiger partial charge in [0.1, 0.15) is 0 Å². The van der Waals surface area contributed by atoms with Crippen LogP contribution in [-0.2, 0) is 11.2 Å². The molecule has 2 heterocycles. The van der Waals surface area contributed by atoms with Crippen LogP contribution in [0.25, 0.3) is 0 Å². The molecule has 0 bridgehead atoms. The van der Waals surface area contributed by atoms with Crippen molar-refractivity contribution in [1.29, 1.82) is 0 Å². The lowest BCUT2D eigenvalue weighted by molar-refractivity contribution is -0.150. The van der Waals surface area contributed by atoms with Crippen LogP contribution in [0.2, 0.25) is 0 Å². The fourth-order valence-corrected chi connectivity index (χ4v) is 2.25. The first-order valence-electron chi connectivity index (χ1n) is 6.96. The van der Waals surface area contributed by atoms with Gasteiger partial charge in [0.2, 0.25) is 5.89 Å². The number of aliphatic carboxylic acids is 1. The van der Waals surface area contributed by atoms with Crippen LogP contribution < -0.4 is 5.32 Å². The molecule has 2 N–H and O–H groups in total. The third-order valence-electron chi connectivity index (χ3n) is 3.86. The highest BCUT2D eigenvalue weighted by atomic mass is 16.5. The number of carboxylic acid groups (broad SMARTS) is 1. The van der Waals surface area contributed by atoms with E-state index in [-0.39, 0.29) is 6.03 Å². The summed E-state index contributed by atoms with van der Waals surface area (Å²) in [5, 5.41) is 15.6. The molecule has 116 valence electrons. The minimum Gasteiger partial charge on any atom is -0.481 e. The van der Waals surface area contributed by atoms with Crippen LogP contribution in [0.15, 0.2) is 4.52 Å². The van der Waals surface area contributed by atoms with Crippen LogP contribution in [0.1, 0.15) is 31.5 Å². The highest BCUT2D eigenvalue weighted by Gasteiger charge is 2.37. The number of nitrogens with zero attached hydrogens (tertiary/aromatic N) is 3. The molecule has 0 aromatic carbocycles. The molecule has 1 aliphatic heterocycles. The van der Waals surface area contributed by atoms with Crippen molar-refractivity contribution in [3.8, 4) is 0 Å². The van der Waals surface area contributed by atoms with Gasteiger partial charge in [0.05, 0.1) is 5.41 Å². The topological polar surface area (TPSA) is 109 Å². The largest absolute Gasteiger partial charge is 0.481 e. The smallest absolute Gasteiger partial charge is 0.317 e. The molecule has 2 rings (SSSR count). The Morgan fingerprint density at radius 3 is 2.62 bits per heavy atom. The molecular weight excluding hydrogens is 276 g/mol. The Balaban J connectivity index is 1.74. The zero-order valence-electron chi connectivity index (χ0n) is 12.3. The summed E-state index contributed by atoms with van der Waals surface area (Å²) in [6.07, 6.45) is 1.42. The second-order valence-corrected chi connectivity index (χ2v) is 5.57. The van der Waals surface area contributed by atoms with Crippen molar-refractivity contribution in [2.24, 2.45) is 5.41 Å². The molecular formula is C13H20N4O4. The first kappa shape index (κ1) is 15.3. The van der Waals surface area contributed by atoms with E-state index in [4.69, 9.17) is 9.63 Å². The molecule has 0 unspecified atom stereocenters. The monoisotopic (exact) mass is 296 g/mol. The van der Waals surface area contributed by atoms with Crippen molar-refractivity contribution in [3.05, 3.63) is 11.7 Å². The number of aryl methyl sites for hydroxylation is 1. The normalized spacial score (nSPS) is 17.5. The van der Waals surface area contributed by atoms with E-state index < -0.39 is 11.4 Å². The maximum absolute atomic E-state index is 12.0. The van der Waals surface area contributed by atoms with E-state index in [2.05, 4.69) is 15.5 Å². The number of carbonyl (C=O) groups is 2. The van der Waals surface area contributed by atoms with Crippen molar-refractivity contribution in [3.63, 3.8) is 0 Å². The highest BCUT2D eigenvalue weighted by molar-refractivity contribution is 5.76. The van der Waals surface area contributed by atoms with Crippen molar-refractivity contribution in [1.82, 2.24) is 20.4 Å². The molecule has 1 saturated heterocycles. The number of amides is 2. The second kappa shape index (κ2) is 6.11. The highest BCUT2D eigenvalue weighted by Crippen LogP contribution is 2.30. The van der Waals surface area contributed by atoms with Gasteiger partial charge in [-0.05, 0) is 26.7 Å². The van der Waals surface area contributed by atoms with Gasteiger partial charge in [-0.2, -0.15) is 4.98 Å². The Morgan fingerprint density at radius 2 is 2.10 bits per heavy atom. The van der Waals surface area contributed by atoms with Crippen LogP contribution in [-0.4, -0.2) is 51.8 Å². The number of urea groups is 1. The molecule has 0 saturated carbocycles. The van der Waals surface area contributed by atoms with E-state index in [1.165, 1.54) is 0 Å². The Labute approximate surface area is 122 Å². The van der Waals surface area contributed by atoms with Crippen LogP contribution >= 0.6 is 0 Å². The summed E-state index contributed by atoms with van der Waals surface area (Å²) in [5.41, 5.74) is -0.724. The van der Waals surface area contributed by atoms with Gasteiger partial charge >= 0.3 is 12.0 Å².